The average molecular weight is 292 g/mol. The molecule has 2 nitrogen and oxygen atoms in total. The van der Waals surface area contributed by atoms with Crippen LogP contribution in [0.4, 0.5) is 10.1 Å². The predicted octanol–water partition coefficient (Wildman–Crippen LogP) is 4.20. The smallest absolute Gasteiger partial charge is 0.129 e. The molecule has 1 aromatic rings. The molecule has 1 fully saturated rings. The molecule has 0 saturated carbocycles. The number of nitrogens with zero attached hydrogens (tertiary/aromatic N) is 1. The van der Waals surface area contributed by atoms with E-state index in [0.29, 0.717) is 17.9 Å². The maximum Gasteiger partial charge on any atom is 0.129 e. The summed E-state index contributed by atoms with van der Waals surface area (Å²) in [5.74, 6) is 0.490. The molecule has 0 aromatic heterocycles. The number of hydrogen-bond donors (Lipinski definition) is 1. The van der Waals surface area contributed by atoms with Gasteiger partial charge in [0.1, 0.15) is 5.82 Å². The number of hydrogen-bond acceptors (Lipinski definition) is 2. The maximum atomic E-state index is 14.2. The first-order valence-electron chi connectivity index (χ1n) is 8.12. The predicted molar refractivity (Wildman–Crippen MR) is 88.2 cm³/mol. The van der Waals surface area contributed by atoms with Crippen LogP contribution in [0, 0.1) is 17.2 Å². The van der Waals surface area contributed by atoms with Crippen molar-refractivity contribution in [3.8, 4) is 0 Å². The van der Waals surface area contributed by atoms with Gasteiger partial charge < -0.3 is 10.2 Å². The van der Waals surface area contributed by atoms with Crippen LogP contribution >= 0.6 is 0 Å². The topological polar surface area (TPSA) is 15.3 Å². The Morgan fingerprint density at radius 1 is 1.24 bits per heavy atom. The minimum atomic E-state index is -0.0893. The van der Waals surface area contributed by atoms with Gasteiger partial charge >= 0.3 is 0 Å². The zero-order valence-corrected chi connectivity index (χ0v) is 13.9. The van der Waals surface area contributed by atoms with Crippen LogP contribution < -0.4 is 10.2 Å². The zero-order chi connectivity index (χ0) is 15.5. The highest BCUT2D eigenvalue weighted by Crippen LogP contribution is 2.34. The number of piperidine rings is 1. The Bertz CT molecular complexity index is 458. The third kappa shape index (κ3) is 4.44. The van der Waals surface area contributed by atoms with Gasteiger partial charge in [-0.05, 0) is 42.9 Å². The molecule has 21 heavy (non-hydrogen) atoms. The second-order valence-corrected chi connectivity index (χ2v) is 7.41. The van der Waals surface area contributed by atoms with Crippen molar-refractivity contribution in [2.24, 2.45) is 11.3 Å². The Morgan fingerprint density at radius 3 is 2.52 bits per heavy atom. The molecular formula is C18H29FN2. The summed E-state index contributed by atoms with van der Waals surface area (Å²) in [6.45, 7) is 12.5. The van der Waals surface area contributed by atoms with E-state index in [9.17, 15) is 4.39 Å². The molecule has 2 rings (SSSR count). The molecule has 0 aliphatic carbocycles. The highest BCUT2D eigenvalue weighted by molar-refractivity contribution is 5.54. The molecule has 0 unspecified atom stereocenters. The van der Waals surface area contributed by atoms with Gasteiger partial charge in [-0.15, -0.1) is 0 Å². The Labute approximate surface area is 128 Å². The van der Waals surface area contributed by atoms with Crippen LogP contribution in [0.25, 0.3) is 0 Å². The quantitative estimate of drug-likeness (QED) is 0.875. The van der Waals surface area contributed by atoms with Crippen LogP contribution in [0.2, 0.25) is 0 Å². The van der Waals surface area contributed by atoms with Gasteiger partial charge in [0.2, 0.25) is 0 Å². The standard InChI is InChI=1S/C18H29FN2/c1-14(2)12-20-13-15-16(19)6-5-7-17(15)21-10-8-18(3,4)9-11-21/h5-7,14,20H,8-13H2,1-4H3. The van der Waals surface area contributed by atoms with Crippen molar-refractivity contribution in [1.82, 2.24) is 5.32 Å². The lowest BCUT2D eigenvalue weighted by Gasteiger charge is -2.39. The van der Waals surface area contributed by atoms with Gasteiger partial charge in [-0.1, -0.05) is 33.8 Å². The highest BCUT2D eigenvalue weighted by atomic mass is 19.1. The van der Waals surface area contributed by atoms with E-state index in [2.05, 4.69) is 44.0 Å². The fourth-order valence-corrected chi connectivity index (χ4v) is 2.86. The van der Waals surface area contributed by atoms with Gasteiger partial charge in [-0.25, -0.2) is 4.39 Å². The summed E-state index contributed by atoms with van der Waals surface area (Å²) in [5.41, 5.74) is 2.31. The molecule has 118 valence electrons. The van der Waals surface area contributed by atoms with E-state index in [-0.39, 0.29) is 5.82 Å². The third-order valence-electron chi connectivity index (χ3n) is 4.41. The first-order chi connectivity index (χ1) is 9.89. The number of benzene rings is 1. The normalized spacial score (nSPS) is 18.3. The first-order valence-corrected chi connectivity index (χ1v) is 8.12. The van der Waals surface area contributed by atoms with Gasteiger partial charge in [0.25, 0.3) is 0 Å². The van der Waals surface area contributed by atoms with E-state index in [1.54, 1.807) is 6.07 Å². The van der Waals surface area contributed by atoms with Crippen molar-refractivity contribution in [2.75, 3.05) is 24.5 Å². The molecule has 0 atom stereocenters. The van der Waals surface area contributed by atoms with Gasteiger partial charge in [0.15, 0.2) is 0 Å². The second kappa shape index (κ2) is 6.78. The molecule has 1 aromatic carbocycles. The van der Waals surface area contributed by atoms with Crippen LogP contribution in [-0.2, 0) is 6.54 Å². The van der Waals surface area contributed by atoms with Crippen molar-refractivity contribution in [3.05, 3.63) is 29.6 Å². The molecule has 0 bridgehead atoms. The van der Waals surface area contributed by atoms with E-state index in [0.717, 1.165) is 30.9 Å². The van der Waals surface area contributed by atoms with Crippen molar-refractivity contribution in [1.29, 1.82) is 0 Å². The monoisotopic (exact) mass is 292 g/mol. The van der Waals surface area contributed by atoms with Crippen molar-refractivity contribution < 1.29 is 4.39 Å². The summed E-state index contributed by atoms with van der Waals surface area (Å²) >= 11 is 0. The van der Waals surface area contributed by atoms with E-state index in [1.165, 1.54) is 12.8 Å². The minimum Gasteiger partial charge on any atom is -0.371 e. The number of rotatable bonds is 5. The summed E-state index contributed by atoms with van der Waals surface area (Å²) in [7, 11) is 0. The van der Waals surface area contributed by atoms with Gasteiger partial charge in [0, 0.05) is 30.9 Å². The highest BCUT2D eigenvalue weighted by Gasteiger charge is 2.26. The van der Waals surface area contributed by atoms with Gasteiger partial charge in [-0.3, -0.25) is 0 Å². The third-order valence-corrected chi connectivity index (χ3v) is 4.41. The van der Waals surface area contributed by atoms with Gasteiger partial charge in [-0.2, -0.15) is 0 Å². The Hall–Kier alpha value is -1.09. The van der Waals surface area contributed by atoms with E-state index >= 15 is 0 Å². The maximum absolute atomic E-state index is 14.2. The molecule has 1 saturated heterocycles. The minimum absolute atomic E-state index is 0.0893. The lowest BCUT2D eigenvalue weighted by atomic mass is 9.82. The summed E-state index contributed by atoms with van der Waals surface area (Å²) < 4.78 is 14.2. The fraction of sp³-hybridized carbons (Fsp3) is 0.667. The largest absolute Gasteiger partial charge is 0.371 e. The lowest BCUT2D eigenvalue weighted by molar-refractivity contribution is 0.279. The zero-order valence-electron chi connectivity index (χ0n) is 13.9. The molecule has 0 spiro atoms. The van der Waals surface area contributed by atoms with Crippen LogP contribution in [0.15, 0.2) is 18.2 Å². The Balaban J connectivity index is 2.10. The molecule has 0 radical (unpaired) electrons. The SMILES string of the molecule is CC(C)CNCc1c(F)cccc1N1CCC(C)(C)CC1. The molecule has 1 aliphatic rings. The summed E-state index contributed by atoms with van der Waals surface area (Å²) in [4.78, 5) is 2.35. The summed E-state index contributed by atoms with van der Waals surface area (Å²) in [5, 5.41) is 3.37. The number of anilines is 1. The Morgan fingerprint density at radius 2 is 1.90 bits per heavy atom. The molecule has 1 aliphatic heterocycles. The van der Waals surface area contributed by atoms with Crippen molar-refractivity contribution in [3.63, 3.8) is 0 Å². The van der Waals surface area contributed by atoms with Crippen LogP contribution in [0.1, 0.15) is 46.1 Å². The molecule has 0 amide bonds. The van der Waals surface area contributed by atoms with Crippen LogP contribution in [-0.4, -0.2) is 19.6 Å². The summed E-state index contributed by atoms with van der Waals surface area (Å²) in [6, 6.07) is 5.47. The van der Waals surface area contributed by atoms with E-state index in [4.69, 9.17) is 0 Å². The van der Waals surface area contributed by atoms with E-state index < -0.39 is 0 Å². The number of halogens is 1. The first kappa shape index (κ1) is 16.3. The van der Waals surface area contributed by atoms with Crippen molar-refractivity contribution in [2.45, 2.75) is 47.1 Å². The average Bonchev–Trinajstić information content (AvgIpc) is 2.40. The fourth-order valence-electron chi connectivity index (χ4n) is 2.86. The van der Waals surface area contributed by atoms with Gasteiger partial charge in [0.05, 0.1) is 0 Å². The lowest BCUT2D eigenvalue weighted by Crippen LogP contribution is -2.38. The molecule has 1 heterocycles. The molecule has 1 N–H and O–H groups in total. The molecule has 3 heteroatoms. The Kier molecular flexibility index (Phi) is 5.26. The van der Waals surface area contributed by atoms with E-state index in [1.807, 2.05) is 6.07 Å². The molecular weight excluding hydrogens is 263 g/mol. The van der Waals surface area contributed by atoms with Crippen molar-refractivity contribution >= 4 is 5.69 Å². The van der Waals surface area contributed by atoms with Crippen LogP contribution in [0.5, 0.6) is 0 Å². The van der Waals surface area contributed by atoms with Crippen LogP contribution in [0.3, 0.4) is 0 Å². The number of nitrogens with one attached hydrogen (secondary N) is 1. The second-order valence-electron chi connectivity index (χ2n) is 7.41. The summed E-state index contributed by atoms with van der Waals surface area (Å²) in [6.07, 6.45) is 2.34.